The number of carboxylic acids is 2. The van der Waals surface area contributed by atoms with Crippen LogP contribution in [0.25, 0.3) is 0 Å². The number of benzene rings is 1. The first-order chi connectivity index (χ1) is 7.49. The molecule has 0 unspecified atom stereocenters. The lowest BCUT2D eigenvalue weighted by Crippen LogP contribution is -2.03. The zero-order valence-corrected chi connectivity index (χ0v) is 8.44. The van der Waals surface area contributed by atoms with Crippen LogP contribution in [0.4, 0.5) is 4.39 Å². The Labute approximate surface area is 91.3 Å². The Morgan fingerprint density at radius 3 is 2.38 bits per heavy atom. The zero-order chi connectivity index (χ0) is 12.1. The van der Waals surface area contributed by atoms with E-state index in [4.69, 9.17) is 10.2 Å². The van der Waals surface area contributed by atoms with Crippen LogP contribution >= 0.6 is 0 Å². The average Bonchev–Trinajstić information content (AvgIpc) is 2.15. The minimum Gasteiger partial charge on any atom is -0.481 e. The highest BCUT2D eigenvalue weighted by Gasteiger charge is 2.07. The van der Waals surface area contributed by atoms with Crippen molar-refractivity contribution in [2.24, 2.45) is 0 Å². The predicted octanol–water partition coefficient (Wildman–Crippen LogP) is 1.47. The summed E-state index contributed by atoms with van der Waals surface area (Å²) < 4.78 is 13.4. The highest BCUT2D eigenvalue weighted by molar-refractivity contribution is 5.70. The van der Waals surface area contributed by atoms with E-state index in [9.17, 15) is 14.0 Å². The molecule has 0 aliphatic heterocycles. The van der Waals surface area contributed by atoms with Crippen molar-refractivity contribution in [1.82, 2.24) is 0 Å². The van der Waals surface area contributed by atoms with Crippen LogP contribution < -0.4 is 0 Å². The second-order valence-corrected chi connectivity index (χ2v) is 3.39. The van der Waals surface area contributed by atoms with Crippen LogP contribution in [-0.4, -0.2) is 22.2 Å². The lowest BCUT2D eigenvalue weighted by molar-refractivity contribution is -0.137. The third-order valence-corrected chi connectivity index (χ3v) is 2.08. The van der Waals surface area contributed by atoms with Crippen LogP contribution in [0.3, 0.4) is 0 Å². The summed E-state index contributed by atoms with van der Waals surface area (Å²) in [4.78, 5) is 20.7. The van der Waals surface area contributed by atoms with Gasteiger partial charge in [0.2, 0.25) is 0 Å². The number of rotatable bonds is 5. The maximum absolute atomic E-state index is 13.4. The summed E-state index contributed by atoms with van der Waals surface area (Å²) >= 11 is 0. The van der Waals surface area contributed by atoms with E-state index in [-0.39, 0.29) is 24.8 Å². The van der Waals surface area contributed by atoms with Crippen molar-refractivity contribution < 1.29 is 24.2 Å². The molecule has 2 N–H and O–H groups in total. The third-order valence-electron chi connectivity index (χ3n) is 2.08. The average molecular weight is 226 g/mol. The largest absolute Gasteiger partial charge is 0.481 e. The highest BCUT2D eigenvalue weighted by atomic mass is 19.1. The molecule has 0 heterocycles. The third kappa shape index (κ3) is 3.68. The molecule has 1 rings (SSSR count). The minimum absolute atomic E-state index is 0.106. The van der Waals surface area contributed by atoms with Crippen LogP contribution in [0.2, 0.25) is 0 Å². The number of aryl methyl sites for hydroxylation is 1. The summed E-state index contributed by atoms with van der Waals surface area (Å²) in [6.45, 7) is 0. The van der Waals surface area contributed by atoms with Gasteiger partial charge in [0.25, 0.3) is 0 Å². The van der Waals surface area contributed by atoms with Crippen LogP contribution in [0.5, 0.6) is 0 Å². The Balaban J connectivity index is 2.75. The number of carboxylic acid groups (broad SMARTS) is 2. The topological polar surface area (TPSA) is 74.6 Å². The first-order valence-corrected chi connectivity index (χ1v) is 4.70. The summed E-state index contributed by atoms with van der Waals surface area (Å²) in [6.07, 6.45) is -0.278. The van der Waals surface area contributed by atoms with Crippen LogP contribution in [0, 0.1) is 5.82 Å². The lowest BCUT2D eigenvalue weighted by Gasteiger charge is -2.03. The Morgan fingerprint density at radius 1 is 1.19 bits per heavy atom. The molecule has 1 aromatic rings. The van der Waals surface area contributed by atoms with Crippen molar-refractivity contribution in [3.8, 4) is 0 Å². The van der Waals surface area contributed by atoms with E-state index < -0.39 is 17.8 Å². The summed E-state index contributed by atoms with van der Waals surface area (Å²) in [5.74, 6) is -2.58. The number of hydrogen-bond acceptors (Lipinski definition) is 2. The van der Waals surface area contributed by atoms with Gasteiger partial charge in [-0.3, -0.25) is 9.59 Å². The van der Waals surface area contributed by atoms with Crippen molar-refractivity contribution in [3.63, 3.8) is 0 Å². The van der Waals surface area contributed by atoms with Crippen molar-refractivity contribution in [3.05, 3.63) is 35.1 Å². The molecule has 16 heavy (non-hydrogen) atoms. The van der Waals surface area contributed by atoms with Gasteiger partial charge in [0.15, 0.2) is 0 Å². The second kappa shape index (κ2) is 5.25. The Morgan fingerprint density at radius 2 is 1.88 bits per heavy atom. The van der Waals surface area contributed by atoms with Crippen LogP contribution in [0.1, 0.15) is 17.5 Å². The zero-order valence-electron chi connectivity index (χ0n) is 8.44. The van der Waals surface area contributed by atoms with Crippen LogP contribution in [-0.2, 0) is 22.4 Å². The Bertz CT molecular complexity index is 414. The molecule has 0 saturated heterocycles. The maximum Gasteiger partial charge on any atom is 0.307 e. The van der Waals surface area contributed by atoms with Gasteiger partial charge in [-0.05, 0) is 23.6 Å². The summed E-state index contributed by atoms with van der Waals surface area (Å²) in [6, 6.07) is 4.05. The molecule has 0 bridgehead atoms. The van der Waals surface area contributed by atoms with Gasteiger partial charge in [-0.25, -0.2) is 4.39 Å². The molecule has 4 nitrogen and oxygen atoms in total. The smallest absolute Gasteiger partial charge is 0.307 e. The number of halogens is 1. The fourth-order valence-corrected chi connectivity index (χ4v) is 1.32. The van der Waals surface area contributed by atoms with E-state index in [0.717, 1.165) is 6.07 Å². The van der Waals surface area contributed by atoms with Gasteiger partial charge < -0.3 is 10.2 Å². The van der Waals surface area contributed by atoms with Crippen LogP contribution in [0.15, 0.2) is 18.2 Å². The normalized spacial score (nSPS) is 10.1. The van der Waals surface area contributed by atoms with E-state index in [0.29, 0.717) is 5.56 Å². The SMILES string of the molecule is O=C(O)CCc1ccc(CC(=O)O)cc1F. The van der Waals surface area contributed by atoms with Gasteiger partial charge in [0.1, 0.15) is 5.82 Å². The van der Waals surface area contributed by atoms with E-state index in [1.807, 2.05) is 0 Å². The molecule has 5 heteroatoms. The molecule has 0 aromatic heterocycles. The van der Waals surface area contributed by atoms with E-state index >= 15 is 0 Å². The van der Waals surface area contributed by atoms with Gasteiger partial charge >= 0.3 is 11.9 Å². The fourth-order valence-electron chi connectivity index (χ4n) is 1.32. The maximum atomic E-state index is 13.4. The molecular weight excluding hydrogens is 215 g/mol. The van der Waals surface area contributed by atoms with Gasteiger partial charge in [-0.1, -0.05) is 12.1 Å². The molecule has 0 aliphatic carbocycles. The molecule has 0 amide bonds. The van der Waals surface area contributed by atoms with E-state index in [2.05, 4.69) is 0 Å². The number of hydrogen-bond donors (Lipinski definition) is 2. The molecule has 0 radical (unpaired) electrons. The van der Waals surface area contributed by atoms with E-state index in [1.54, 1.807) is 0 Å². The highest BCUT2D eigenvalue weighted by Crippen LogP contribution is 2.13. The van der Waals surface area contributed by atoms with Gasteiger partial charge in [0, 0.05) is 6.42 Å². The first-order valence-electron chi connectivity index (χ1n) is 4.70. The number of carbonyl (C=O) groups is 2. The lowest BCUT2D eigenvalue weighted by atomic mass is 10.0. The summed E-state index contributed by atoms with van der Waals surface area (Å²) in [5, 5.41) is 16.9. The van der Waals surface area contributed by atoms with Gasteiger partial charge in [0.05, 0.1) is 6.42 Å². The first kappa shape index (κ1) is 12.2. The van der Waals surface area contributed by atoms with Crippen molar-refractivity contribution in [2.45, 2.75) is 19.3 Å². The molecule has 0 fully saturated rings. The van der Waals surface area contributed by atoms with Crippen molar-refractivity contribution in [2.75, 3.05) is 0 Å². The fraction of sp³-hybridized carbons (Fsp3) is 0.273. The Hall–Kier alpha value is -1.91. The quantitative estimate of drug-likeness (QED) is 0.797. The Kier molecular flexibility index (Phi) is 3.99. The molecule has 0 aliphatic rings. The number of aliphatic carboxylic acids is 2. The molecule has 0 spiro atoms. The van der Waals surface area contributed by atoms with E-state index in [1.165, 1.54) is 12.1 Å². The molecular formula is C11H11FO4. The molecule has 86 valence electrons. The van der Waals surface area contributed by atoms with Gasteiger partial charge in [-0.2, -0.15) is 0 Å². The standard InChI is InChI=1S/C11H11FO4/c12-9-5-7(6-11(15)16)1-2-8(9)3-4-10(13)14/h1-2,5H,3-4,6H2,(H,13,14)(H,15,16). The van der Waals surface area contributed by atoms with Gasteiger partial charge in [-0.15, -0.1) is 0 Å². The molecule has 0 atom stereocenters. The summed E-state index contributed by atoms with van der Waals surface area (Å²) in [7, 11) is 0. The summed E-state index contributed by atoms with van der Waals surface area (Å²) in [5.41, 5.74) is 0.653. The van der Waals surface area contributed by atoms with Crippen molar-refractivity contribution in [1.29, 1.82) is 0 Å². The monoisotopic (exact) mass is 226 g/mol. The minimum atomic E-state index is -1.03. The predicted molar refractivity (Wildman–Crippen MR) is 53.7 cm³/mol. The second-order valence-electron chi connectivity index (χ2n) is 3.39. The van der Waals surface area contributed by atoms with Crippen molar-refractivity contribution >= 4 is 11.9 Å². The molecule has 0 saturated carbocycles. The molecule has 1 aromatic carbocycles.